The molecule has 2 atom stereocenters. The van der Waals surface area contributed by atoms with E-state index in [1.54, 1.807) is 6.20 Å². The molecule has 5 nitrogen and oxygen atoms in total. The van der Waals surface area contributed by atoms with Gasteiger partial charge in [-0.15, -0.1) is 12.4 Å². The Balaban J connectivity index is 0.00000264. The average Bonchev–Trinajstić information content (AvgIpc) is 2.96. The van der Waals surface area contributed by atoms with Crippen LogP contribution in [-0.2, 0) is 4.79 Å². The Labute approximate surface area is 143 Å². The fourth-order valence-corrected chi connectivity index (χ4v) is 1.98. The largest absolute Gasteiger partial charge is 0.438 e. The van der Waals surface area contributed by atoms with E-state index in [1.165, 1.54) is 0 Å². The minimum Gasteiger partial charge on any atom is -0.438 e. The number of nitrogens with zero attached hydrogens (tertiary/aromatic N) is 1. The highest BCUT2D eigenvalue weighted by Crippen LogP contribution is 2.23. The number of nitrogens with one attached hydrogen (secondary N) is 1. The normalized spacial score (nSPS) is 13.8. The Morgan fingerprint density at radius 2 is 1.87 bits per heavy atom. The lowest BCUT2D eigenvalue weighted by Gasteiger charge is -2.26. The van der Waals surface area contributed by atoms with Gasteiger partial charge in [-0.3, -0.25) is 4.79 Å². The second-order valence-corrected chi connectivity index (χ2v) is 6.50. The molecule has 1 aromatic heterocycles. The summed E-state index contributed by atoms with van der Waals surface area (Å²) in [6, 6.07) is 8.79. The highest BCUT2D eigenvalue weighted by Gasteiger charge is 2.29. The molecule has 2 rings (SSSR count). The monoisotopic (exact) mass is 337 g/mol. The third kappa shape index (κ3) is 4.81. The van der Waals surface area contributed by atoms with Gasteiger partial charge < -0.3 is 15.5 Å². The van der Waals surface area contributed by atoms with Crippen LogP contribution in [0.1, 0.15) is 39.6 Å². The number of carbonyl (C=O) groups is 1. The molecule has 1 aromatic carbocycles. The van der Waals surface area contributed by atoms with Gasteiger partial charge in [0.1, 0.15) is 6.04 Å². The van der Waals surface area contributed by atoms with Gasteiger partial charge in [-0.2, -0.15) is 0 Å². The number of halogens is 1. The molecule has 0 spiro atoms. The Morgan fingerprint density at radius 1 is 1.26 bits per heavy atom. The van der Waals surface area contributed by atoms with Crippen LogP contribution in [0.2, 0.25) is 0 Å². The molecule has 0 aliphatic rings. The van der Waals surface area contributed by atoms with Gasteiger partial charge in [-0.25, -0.2) is 4.98 Å². The lowest BCUT2D eigenvalue weighted by molar-refractivity contribution is -0.125. The van der Waals surface area contributed by atoms with Crippen molar-refractivity contribution in [3.63, 3.8) is 0 Å². The van der Waals surface area contributed by atoms with Crippen LogP contribution in [0.5, 0.6) is 0 Å². The van der Waals surface area contributed by atoms with Crippen molar-refractivity contribution in [2.75, 3.05) is 0 Å². The van der Waals surface area contributed by atoms with E-state index >= 15 is 0 Å². The summed E-state index contributed by atoms with van der Waals surface area (Å²) in [4.78, 5) is 16.4. The molecule has 23 heavy (non-hydrogen) atoms. The number of aromatic nitrogens is 1. The van der Waals surface area contributed by atoms with Crippen LogP contribution in [0.3, 0.4) is 0 Å². The Bertz CT molecular complexity index is 635. The highest BCUT2D eigenvalue weighted by molar-refractivity contribution is 5.85. The number of nitrogens with two attached hydrogens (primary N) is 1. The second kappa shape index (κ2) is 7.62. The molecule has 1 unspecified atom stereocenters. The fourth-order valence-electron chi connectivity index (χ4n) is 1.98. The van der Waals surface area contributed by atoms with Crippen molar-refractivity contribution >= 4 is 18.3 Å². The molecule has 126 valence electrons. The van der Waals surface area contributed by atoms with E-state index in [9.17, 15) is 4.79 Å². The van der Waals surface area contributed by atoms with Crippen molar-refractivity contribution in [3.8, 4) is 11.3 Å². The van der Waals surface area contributed by atoms with E-state index in [1.807, 2.05) is 58.0 Å². The van der Waals surface area contributed by atoms with Crippen molar-refractivity contribution in [2.45, 2.75) is 39.8 Å². The predicted octanol–water partition coefficient (Wildman–Crippen LogP) is 3.31. The van der Waals surface area contributed by atoms with Crippen molar-refractivity contribution in [1.29, 1.82) is 0 Å². The lowest BCUT2D eigenvalue weighted by Crippen LogP contribution is -2.49. The first-order valence-electron chi connectivity index (χ1n) is 7.36. The Hall–Kier alpha value is -1.85. The number of hydrogen-bond donors (Lipinski definition) is 2. The van der Waals surface area contributed by atoms with Crippen LogP contribution in [0, 0.1) is 5.41 Å². The molecule has 3 N–H and O–H groups in total. The Morgan fingerprint density at radius 3 is 2.43 bits per heavy atom. The maximum absolute atomic E-state index is 12.1. The van der Waals surface area contributed by atoms with E-state index < -0.39 is 6.04 Å². The van der Waals surface area contributed by atoms with E-state index in [0.717, 1.165) is 5.56 Å². The smallest absolute Gasteiger partial charge is 0.238 e. The van der Waals surface area contributed by atoms with Gasteiger partial charge in [-0.1, -0.05) is 51.1 Å². The molecule has 1 amide bonds. The van der Waals surface area contributed by atoms with Crippen molar-refractivity contribution < 1.29 is 9.21 Å². The van der Waals surface area contributed by atoms with Crippen LogP contribution in [-0.4, -0.2) is 16.9 Å². The molecular formula is C17H24ClN3O2. The van der Waals surface area contributed by atoms with Crippen LogP contribution in [0.15, 0.2) is 40.9 Å². The first-order chi connectivity index (χ1) is 10.3. The third-order valence-corrected chi connectivity index (χ3v) is 3.53. The molecule has 0 fully saturated rings. The number of rotatable bonds is 4. The fraction of sp³-hybridized carbons (Fsp3) is 0.412. The zero-order valence-electron chi connectivity index (χ0n) is 13.9. The lowest BCUT2D eigenvalue weighted by atomic mass is 9.87. The number of hydrogen-bond acceptors (Lipinski definition) is 4. The molecule has 6 heteroatoms. The molecule has 0 saturated heterocycles. The summed E-state index contributed by atoms with van der Waals surface area (Å²) in [5, 5.41) is 2.85. The zero-order valence-corrected chi connectivity index (χ0v) is 14.7. The van der Waals surface area contributed by atoms with Gasteiger partial charge in [-0.05, 0) is 12.3 Å². The molecule has 0 aliphatic heterocycles. The predicted molar refractivity (Wildman–Crippen MR) is 93.2 cm³/mol. The molecule has 0 bridgehead atoms. The molecule has 1 heterocycles. The second-order valence-electron chi connectivity index (χ2n) is 6.50. The van der Waals surface area contributed by atoms with Gasteiger partial charge >= 0.3 is 0 Å². The minimum atomic E-state index is -0.585. The van der Waals surface area contributed by atoms with E-state index in [0.29, 0.717) is 11.7 Å². The van der Waals surface area contributed by atoms with Crippen LogP contribution < -0.4 is 11.1 Å². The topological polar surface area (TPSA) is 81.2 Å². The maximum atomic E-state index is 12.1. The standard InChI is InChI=1S/C17H23N3O2.ClH/c1-11(20-15(21)14(18)17(2,3)4)16-19-10-13(22-16)12-8-6-5-7-9-12;/h5-11,14H,18H2,1-4H3,(H,20,21);1H/t11?,14-;/m1./s1. The number of carbonyl (C=O) groups excluding carboxylic acids is 1. The van der Waals surface area contributed by atoms with Crippen LogP contribution in [0.4, 0.5) is 0 Å². The van der Waals surface area contributed by atoms with Gasteiger partial charge in [0.15, 0.2) is 5.76 Å². The maximum Gasteiger partial charge on any atom is 0.238 e. The first kappa shape index (κ1) is 19.2. The van der Waals surface area contributed by atoms with Gasteiger partial charge in [0.2, 0.25) is 11.8 Å². The minimum absolute atomic E-state index is 0. The SMILES string of the molecule is CC(NC(=O)[C@@H](N)C(C)(C)C)c1ncc(-c2ccccc2)o1.Cl. The van der Waals surface area contributed by atoms with Gasteiger partial charge in [0.25, 0.3) is 0 Å². The summed E-state index contributed by atoms with van der Waals surface area (Å²) in [5.74, 6) is 0.935. The van der Waals surface area contributed by atoms with Gasteiger partial charge in [0.05, 0.1) is 12.2 Å². The van der Waals surface area contributed by atoms with E-state index in [4.69, 9.17) is 10.2 Å². The average molecular weight is 338 g/mol. The molecule has 0 aliphatic carbocycles. The third-order valence-electron chi connectivity index (χ3n) is 3.53. The van der Waals surface area contributed by atoms with Crippen molar-refractivity contribution in [3.05, 3.63) is 42.4 Å². The van der Waals surface area contributed by atoms with E-state index in [-0.39, 0.29) is 29.8 Å². The number of amides is 1. The summed E-state index contributed by atoms with van der Waals surface area (Å²) in [6.45, 7) is 7.62. The molecule has 2 aromatic rings. The highest BCUT2D eigenvalue weighted by atomic mass is 35.5. The van der Waals surface area contributed by atoms with Crippen molar-refractivity contribution in [1.82, 2.24) is 10.3 Å². The molecule has 0 saturated carbocycles. The molecule has 0 radical (unpaired) electrons. The summed E-state index contributed by atoms with van der Waals surface area (Å²) < 4.78 is 5.73. The first-order valence-corrected chi connectivity index (χ1v) is 7.36. The number of oxazole rings is 1. The van der Waals surface area contributed by atoms with Crippen LogP contribution in [0.25, 0.3) is 11.3 Å². The van der Waals surface area contributed by atoms with Crippen molar-refractivity contribution in [2.24, 2.45) is 11.1 Å². The molecular weight excluding hydrogens is 314 g/mol. The van der Waals surface area contributed by atoms with Crippen LogP contribution >= 0.6 is 12.4 Å². The van der Waals surface area contributed by atoms with E-state index in [2.05, 4.69) is 10.3 Å². The Kier molecular flexibility index (Phi) is 6.36. The number of benzene rings is 1. The zero-order chi connectivity index (χ0) is 16.3. The summed E-state index contributed by atoms with van der Waals surface area (Å²) in [5.41, 5.74) is 6.61. The van der Waals surface area contributed by atoms with Gasteiger partial charge in [0, 0.05) is 5.56 Å². The summed E-state index contributed by atoms with van der Waals surface area (Å²) in [7, 11) is 0. The summed E-state index contributed by atoms with van der Waals surface area (Å²) in [6.07, 6.45) is 1.66. The quantitative estimate of drug-likeness (QED) is 0.896. The summed E-state index contributed by atoms with van der Waals surface area (Å²) >= 11 is 0.